The van der Waals surface area contributed by atoms with Crippen LogP contribution in [-0.4, -0.2) is 29.3 Å². The average Bonchev–Trinajstić information content (AvgIpc) is 2.62. The van der Waals surface area contributed by atoms with E-state index < -0.39 is 0 Å². The van der Waals surface area contributed by atoms with Crippen LogP contribution in [0.1, 0.15) is 33.6 Å². The summed E-state index contributed by atoms with van der Waals surface area (Å²) in [6.07, 6.45) is 0.639. The Morgan fingerprint density at radius 1 is 1.25 bits per heavy atom. The first-order valence-corrected chi connectivity index (χ1v) is 5.83. The van der Waals surface area contributed by atoms with Crippen molar-refractivity contribution in [1.82, 2.24) is 10.2 Å². The molecule has 0 bridgehead atoms. The van der Waals surface area contributed by atoms with Gasteiger partial charge in [0.1, 0.15) is 0 Å². The normalized spacial score (nSPS) is 11.4. The average molecular weight is 226 g/mol. The van der Waals surface area contributed by atoms with E-state index in [4.69, 9.17) is 10.2 Å². The molecule has 1 aromatic rings. The van der Waals surface area contributed by atoms with E-state index in [9.17, 15) is 0 Å². The molecule has 92 valence electrons. The van der Waals surface area contributed by atoms with Crippen molar-refractivity contribution in [1.29, 1.82) is 0 Å². The van der Waals surface area contributed by atoms with Crippen LogP contribution in [-0.2, 0) is 6.42 Å². The topological polar surface area (TPSA) is 68.2 Å². The number of nitrogens with two attached hydrogens (primary N) is 1. The molecule has 5 heteroatoms. The zero-order valence-corrected chi connectivity index (χ0v) is 10.6. The fraction of sp³-hybridized carbons (Fsp3) is 0.818. The van der Waals surface area contributed by atoms with Crippen LogP contribution in [0.2, 0.25) is 0 Å². The van der Waals surface area contributed by atoms with Gasteiger partial charge in [0.25, 0.3) is 0 Å². The molecule has 0 saturated carbocycles. The highest BCUT2D eigenvalue weighted by Crippen LogP contribution is 2.17. The highest BCUT2D eigenvalue weighted by atomic mass is 16.4. The molecule has 0 aromatic carbocycles. The summed E-state index contributed by atoms with van der Waals surface area (Å²) >= 11 is 0. The van der Waals surface area contributed by atoms with Crippen molar-refractivity contribution < 1.29 is 4.42 Å². The molecule has 0 atom stereocenters. The van der Waals surface area contributed by atoms with Gasteiger partial charge in [-0.3, -0.25) is 0 Å². The third-order valence-corrected chi connectivity index (χ3v) is 2.25. The molecule has 1 rings (SSSR count). The standard InChI is InChI=1S/C11H22N4O/c1-8(2)7-15(9(3)4)11-14-13-10(16-11)5-6-12/h8-9H,5-7,12H2,1-4H3. The fourth-order valence-corrected chi connectivity index (χ4v) is 1.49. The molecular weight excluding hydrogens is 204 g/mol. The van der Waals surface area contributed by atoms with Crippen LogP contribution < -0.4 is 10.6 Å². The first kappa shape index (κ1) is 13.0. The highest BCUT2D eigenvalue weighted by molar-refractivity contribution is 5.25. The maximum atomic E-state index is 5.57. The van der Waals surface area contributed by atoms with Gasteiger partial charge in [-0.1, -0.05) is 18.9 Å². The monoisotopic (exact) mass is 226 g/mol. The minimum Gasteiger partial charge on any atom is -0.408 e. The summed E-state index contributed by atoms with van der Waals surface area (Å²) in [5.41, 5.74) is 5.45. The summed E-state index contributed by atoms with van der Waals surface area (Å²) in [6.45, 7) is 10.0. The van der Waals surface area contributed by atoms with Crippen LogP contribution in [0.5, 0.6) is 0 Å². The highest BCUT2D eigenvalue weighted by Gasteiger charge is 2.18. The van der Waals surface area contributed by atoms with Gasteiger partial charge in [0.2, 0.25) is 5.89 Å². The Morgan fingerprint density at radius 2 is 1.94 bits per heavy atom. The van der Waals surface area contributed by atoms with Gasteiger partial charge in [-0.25, -0.2) is 0 Å². The predicted molar refractivity (Wildman–Crippen MR) is 64.4 cm³/mol. The molecule has 5 nitrogen and oxygen atoms in total. The second-order valence-electron chi connectivity index (χ2n) is 4.66. The van der Waals surface area contributed by atoms with Crippen molar-refractivity contribution in [2.24, 2.45) is 11.7 Å². The number of anilines is 1. The van der Waals surface area contributed by atoms with E-state index in [1.807, 2.05) is 0 Å². The van der Waals surface area contributed by atoms with Crippen LogP contribution in [0.25, 0.3) is 0 Å². The van der Waals surface area contributed by atoms with Gasteiger partial charge in [0, 0.05) is 25.6 Å². The smallest absolute Gasteiger partial charge is 0.318 e. The Labute approximate surface area is 97.0 Å². The van der Waals surface area contributed by atoms with Crippen LogP contribution in [0.3, 0.4) is 0 Å². The third-order valence-electron chi connectivity index (χ3n) is 2.25. The quantitative estimate of drug-likeness (QED) is 0.795. The maximum Gasteiger partial charge on any atom is 0.318 e. The SMILES string of the molecule is CC(C)CN(c1nnc(CCN)o1)C(C)C. The van der Waals surface area contributed by atoms with E-state index in [0.29, 0.717) is 36.8 Å². The van der Waals surface area contributed by atoms with E-state index in [1.165, 1.54) is 0 Å². The number of aromatic nitrogens is 2. The van der Waals surface area contributed by atoms with E-state index in [-0.39, 0.29) is 0 Å². The van der Waals surface area contributed by atoms with Crippen LogP contribution in [0.15, 0.2) is 4.42 Å². The molecule has 16 heavy (non-hydrogen) atoms. The molecular formula is C11H22N4O. The fourth-order valence-electron chi connectivity index (χ4n) is 1.49. The molecule has 0 spiro atoms. The van der Waals surface area contributed by atoms with Gasteiger partial charge >= 0.3 is 6.01 Å². The van der Waals surface area contributed by atoms with Crippen LogP contribution in [0, 0.1) is 5.92 Å². The molecule has 1 aromatic heterocycles. The zero-order chi connectivity index (χ0) is 12.1. The van der Waals surface area contributed by atoms with Crippen molar-refractivity contribution >= 4 is 6.01 Å². The largest absolute Gasteiger partial charge is 0.408 e. The van der Waals surface area contributed by atoms with Crippen molar-refractivity contribution in [3.63, 3.8) is 0 Å². The van der Waals surface area contributed by atoms with E-state index >= 15 is 0 Å². The molecule has 0 radical (unpaired) electrons. The lowest BCUT2D eigenvalue weighted by Gasteiger charge is -2.26. The summed E-state index contributed by atoms with van der Waals surface area (Å²) in [6, 6.07) is 0.959. The van der Waals surface area contributed by atoms with E-state index in [1.54, 1.807) is 0 Å². The molecule has 0 aliphatic rings. The van der Waals surface area contributed by atoms with Crippen LogP contribution in [0.4, 0.5) is 6.01 Å². The lowest BCUT2D eigenvalue weighted by molar-refractivity contribution is 0.455. The van der Waals surface area contributed by atoms with E-state index in [0.717, 1.165) is 6.54 Å². The number of hydrogen-bond donors (Lipinski definition) is 1. The zero-order valence-electron chi connectivity index (χ0n) is 10.6. The summed E-state index contributed by atoms with van der Waals surface area (Å²) in [4.78, 5) is 2.12. The van der Waals surface area contributed by atoms with E-state index in [2.05, 4.69) is 42.8 Å². The van der Waals surface area contributed by atoms with Gasteiger partial charge in [-0.2, -0.15) is 0 Å². The Morgan fingerprint density at radius 3 is 2.44 bits per heavy atom. The van der Waals surface area contributed by atoms with Crippen molar-refractivity contribution in [3.05, 3.63) is 5.89 Å². The first-order valence-electron chi connectivity index (χ1n) is 5.83. The summed E-state index contributed by atoms with van der Waals surface area (Å²) in [7, 11) is 0. The van der Waals surface area contributed by atoms with Gasteiger partial charge < -0.3 is 15.1 Å². The van der Waals surface area contributed by atoms with Gasteiger partial charge in [0.05, 0.1) is 0 Å². The van der Waals surface area contributed by atoms with Crippen molar-refractivity contribution in [2.75, 3.05) is 18.0 Å². The number of hydrogen-bond acceptors (Lipinski definition) is 5. The Kier molecular flexibility index (Phi) is 4.73. The molecule has 0 saturated heterocycles. The summed E-state index contributed by atoms with van der Waals surface area (Å²) in [5, 5.41) is 8.04. The molecule has 2 N–H and O–H groups in total. The lowest BCUT2D eigenvalue weighted by atomic mass is 10.2. The van der Waals surface area contributed by atoms with Gasteiger partial charge in [-0.15, -0.1) is 5.10 Å². The molecule has 0 amide bonds. The molecule has 0 unspecified atom stereocenters. The third kappa shape index (κ3) is 3.48. The number of nitrogens with zero attached hydrogens (tertiary/aromatic N) is 3. The lowest BCUT2D eigenvalue weighted by Crippen LogP contribution is -2.34. The summed E-state index contributed by atoms with van der Waals surface area (Å²) in [5.74, 6) is 1.18. The van der Waals surface area contributed by atoms with Crippen LogP contribution >= 0.6 is 0 Å². The Hall–Kier alpha value is -1.10. The number of rotatable bonds is 6. The molecule has 0 aliphatic heterocycles. The Bertz CT molecular complexity index is 309. The minimum absolute atomic E-state index is 0.355. The van der Waals surface area contributed by atoms with Gasteiger partial charge in [0.15, 0.2) is 0 Å². The first-order chi connectivity index (χ1) is 7.54. The molecule has 0 aliphatic carbocycles. The second-order valence-corrected chi connectivity index (χ2v) is 4.66. The second kappa shape index (κ2) is 5.84. The van der Waals surface area contributed by atoms with Crippen molar-refractivity contribution in [3.8, 4) is 0 Å². The molecule has 1 heterocycles. The van der Waals surface area contributed by atoms with Gasteiger partial charge in [-0.05, 0) is 19.8 Å². The Balaban J connectivity index is 2.76. The molecule has 0 fully saturated rings. The minimum atomic E-state index is 0.355. The maximum absolute atomic E-state index is 5.57. The summed E-state index contributed by atoms with van der Waals surface area (Å²) < 4.78 is 5.57. The predicted octanol–water partition coefficient (Wildman–Crippen LogP) is 1.44. The van der Waals surface area contributed by atoms with Crippen molar-refractivity contribution in [2.45, 2.75) is 40.2 Å².